The van der Waals surface area contributed by atoms with E-state index in [4.69, 9.17) is 0 Å². The first-order chi connectivity index (χ1) is 9.72. The lowest BCUT2D eigenvalue weighted by molar-refractivity contribution is -0.121. The molecule has 1 nitrogen and oxygen atoms in total. The van der Waals surface area contributed by atoms with Crippen LogP contribution in [0.2, 0.25) is 0 Å². The standard InChI is InChI=1S/C19H22O/c1-3-18(17-12-8-5-9-13-17)19(15(2)20)14-16-10-6-4-7-11-16/h4-13,18-19H,3,14H2,1-2H3/t18-,19+/m1/s1. The molecule has 0 saturated carbocycles. The Labute approximate surface area is 121 Å². The van der Waals surface area contributed by atoms with Gasteiger partial charge in [0.15, 0.2) is 0 Å². The van der Waals surface area contributed by atoms with Gasteiger partial charge in [0.2, 0.25) is 0 Å². The minimum atomic E-state index is 0.0600. The zero-order valence-electron chi connectivity index (χ0n) is 12.3. The molecule has 0 fully saturated rings. The van der Waals surface area contributed by atoms with E-state index in [1.54, 1.807) is 6.92 Å². The molecule has 2 rings (SSSR count). The number of benzene rings is 2. The maximum absolute atomic E-state index is 12.1. The zero-order valence-corrected chi connectivity index (χ0v) is 12.3. The lowest BCUT2D eigenvalue weighted by Gasteiger charge is -2.25. The molecule has 0 aliphatic heterocycles. The number of carbonyl (C=O) groups excluding carboxylic acids is 1. The van der Waals surface area contributed by atoms with E-state index >= 15 is 0 Å². The van der Waals surface area contributed by atoms with Crippen LogP contribution in [-0.4, -0.2) is 5.78 Å². The van der Waals surface area contributed by atoms with Crippen molar-refractivity contribution in [1.29, 1.82) is 0 Å². The Kier molecular flexibility index (Phi) is 5.11. The highest BCUT2D eigenvalue weighted by Crippen LogP contribution is 2.31. The van der Waals surface area contributed by atoms with E-state index in [0.717, 1.165) is 12.8 Å². The second kappa shape index (κ2) is 7.04. The molecule has 20 heavy (non-hydrogen) atoms. The van der Waals surface area contributed by atoms with Crippen LogP contribution in [0.3, 0.4) is 0 Å². The molecule has 0 aliphatic carbocycles. The van der Waals surface area contributed by atoms with E-state index in [-0.39, 0.29) is 11.7 Å². The number of hydrogen-bond acceptors (Lipinski definition) is 1. The molecule has 2 aromatic carbocycles. The van der Waals surface area contributed by atoms with Crippen LogP contribution in [0.5, 0.6) is 0 Å². The van der Waals surface area contributed by atoms with Gasteiger partial charge in [0.05, 0.1) is 0 Å². The topological polar surface area (TPSA) is 17.1 Å². The molecule has 0 bridgehead atoms. The summed E-state index contributed by atoms with van der Waals surface area (Å²) in [6, 6.07) is 20.7. The second-order valence-corrected chi connectivity index (χ2v) is 5.33. The molecule has 0 N–H and O–H groups in total. The third-order valence-corrected chi connectivity index (χ3v) is 3.97. The Morgan fingerprint density at radius 2 is 1.50 bits per heavy atom. The van der Waals surface area contributed by atoms with Gasteiger partial charge in [-0.05, 0) is 36.8 Å². The lowest BCUT2D eigenvalue weighted by Crippen LogP contribution is -2.22. The van der Waals surface area contributed by atoms with Crippen LogP contribution in [0.25, 0.3) is 0 Å². The van der Waals surface area contributed by atoms with Gasteiger partial charge >= 0.3 is 0 Å². The van der Waals surface area contributed by atoms with Gasteiger partial charge in [0, 0.05) is 5.92 Å². The molecule has 0 heterocycles. The summed E-state index contributed by atoms with van der Waals surface area (Å²) in [5.41, 5.74) is 2.51. The Morgan fingerprint density at radius 3 is 2.00 bits per heavy atom. The van der Waals surface area contributed by atoms with Gasteiger partial charge in [-0.25, -0.2) is 0 Å². The number of hydrogen-bond donors (Lipinski definition) is 0. The maximum Gasteiger partial charge on any atom is 0.133 e. The normalized spacial score (nSPS) is 13.7. The first-order valence-electron chi connectivity index (χ1n) is 7.31. The van der Waals surface area contributed by atoms with Crippen molar-refractivity contribution < 1.29 is 4.79 Å². The number of Topliss-reactive ketones (excluding diaryl/α,β-unsaturated/α-hetero) is 1. The van der Waals surface area contributed by atoms with Crippen LogP contribution in [0.15, 0.2) is 60.7 Å². The van der Waals surface area contributed by atoms with Crippen LogP contribution in [0.4, 0.5) is 0 Å². The molecule has 0 saturated heterocycles. The van der Waals surface area contributed by atoms with Gasteiger partial charge in [0.25, 0.3) is 0 Å². The quantitative estimate of drug-likeness (QED) is 0.745. The van der Waals surface area contributed by atoms with Gasteiger partial charge in [0.1, 0.15) is 5.78 Å². The molecule has 0 spiro atoms. The van der Waals surface area contributed by atoms with Crippen LogP contribution in [0.1, 0.15) is 37.3 Å². The second-order valence-electron chi connectivity index (χ2n) is 5.33. The molecular formula is C19H22O. The van der Waals surface area contributed by atoms with Crippen molar-refractivity contribution >= 4 is 5.78 Å². The monoisotopic (exact) mass is 266 g/mol. The van der Waals surface area contributed by atoms with Crippen molar-refractivity contribution in [3.05, 3.63) is 71.8 Å². The van der Waals surface area contributed by atoms with Gasteiger partial charge in [-0.1, -0.05) is 67.6 Å². The first kappa shape index (κ1) is 14.5. The molecular weight excluding hydrogens is 244 g/mol. The summed E-state index contributed by atoms with van der Waals surface area (Å²) in [7, 11) is 0. The van der Waals surface area contributed by atoms with E-state index in [1.807, 2.05) is 24.3 Å². The van der Waals surface area contributed by atoms with Gasteiger partial charge in [-0.2, -0.15) is 0 Å². The molecule has 0 aromatic heterocycles. The Balaban J connectivity index is 2.25. The predicted octanol–water partition coefficient (Wildman–Crippen LogP) is 4.63. The number of carbonyl (C=O) groups is 1. The van der Waals surface area contributed by atoms with Gasteiger partial charge < -0.3 is 0 Å². The van der Waals surface area contributed by atoms with E-state index in [2.05, 4.69) is 43.3 Å². The van der Waals surface area contributed by atoms with Gasteiger partial charge in [-0.15, -0.1) is 0 Å². The summed E-state index contributed by atoms with van der Waals surface area (Å²) in [4.78, 5) is 12.1. The minimum Gasteiger partial charge on any atom is -0.300 e. The predicted molar refractivity (Wildman–Crippen MR) is 83.8 cm³/mol. The van der Waals surface area contributed by atoms with Crippen LogP contribution >= 0.6 is 0 Å². The molecule has 0 radical (unpaired) electrons. The van der Waals surface area contributed by atoms with E-state index in [0.29, 0.717) is 5.92 Å². The fourth-order valence-electron chi connectivity index (χ4n) is 2.89. The summed E-state index contributed by atoms with van der Waals surface area (Å²) < 4.78 is 0. The van der Waals surface area contributed by atoms with Crippen molar-refractivity contribution in [2.45, 2.75) is 32.6 Å². The van der Waals surface area contributed by atoms with Crippen molar-refractivity contribution in [3.63, 3.8) is 0 Å². The van der Waals surface area contributed by atoms with Crippen molar-refractivity contribution in [3.8, 4) is 0 Å². The average molecular weight is 266 g/mol. The van der Waals surface area contributed by atoms with E-state index < -0.39 is 0 Å². The minimum absolute atomic E-state index is 0.0600. The number of rotatable bonds is 6. The molecule has 1 heteroatoms. The average Bonchev–Trinajstić information content (AvgIpc) is 2.49. The van der Waals surface area contributed by atoms with Crippen molar-refractivity contribution in [1.82, 2.24) is 0 Å². The first-order valence-corrected chi connectivity index (χ1v) is 7.31. The molecule has 2 aromatic rings. The zero-order chi connectivity index (χ0) is 14.4. The van der Waals surface area contributed by atoms with E-state index in [9.17, 15) is 4.79 Å². The van der Waals surface area contributed by atoms with Crippen LogP contribution in [-0.2, 0) is 11.2 Å². The summed E-state index contributed by atoms with van der Waals surface area (Å²) in [5, 5.41) is 0. The Morgan fingerprint density at radius 1 is 0.950 bits per heavy atom. The molecule has 0 unspecified atom stereocenters. The molecule has 104 valence electrons. The lowest BCUT2D eigenvalue weighted by atomic mass is 9.78. The summed E-state index contributed by atoms with van der Waals surface area (Å²) in [6.07, 6.45) is 1.81. The highest BCUT2D eigenvalue weighted by Gasteiger charge is 2.25. The Hall–Kier alpha value is -1.89. The van der Waals surface area contributed by atoms with Gasteiger partial charge in [-0.3, -0.25) is 4.79 Å². The smallest absolute Gasteiger partial charge is 0.133 e. The SMILES string of the molecule is CC[C@H](c1ccccc1)[C@@H](Cc1ccccc1)C(C)=O. The van der Waals surface area contributed by atoms with E-state index in [1.165, 1.54) is 11.1 Å². The van der Waals surface area contributed by atoms with Crippen LogP contribution < -0.4 is 0 Å². The molecule has 2 atom stereocenters. The third-order valence-electron chi connectivity index (χ3n) is 3.97. The maximum atomic E-state index is 12.1. The fraction of sp³-hybridized carbons (Fsp3) is 0.316. The summed E-state index contributed by atoms with van der Waals surface area (Å²) >= 11 is 0. The number of ketones is 1. The van der Waals surface area contributed by atoms with Crippen molar-refractivity contribution in [2.75, 3.05) is 0 Å². The third kappa shape index (κ3) is 3.57. The summed E-state index contributed by atoms with van der Waals surface area (Å²) in [6.45, 7) is 3.89. The highest BCUT2D eigenvalue weighted by molar-refractivity contribution is 5.79. The molecule has 0 aliphatic rings. The van der Waals surface area contributed by atoms with Crippen molar-refractivity contribution in [2.24, 2.45) is 5.92 Å². The summed E-state index contributed by atoms with van der Waals surface area (Å²) in [5.74, 6) is 0.642. The molecule has 0 amide bonds. The fourth-order valence-corrected chi connectivity index (χ4v) is 2.89. The largest absolute Gasteiger partial charge is 0.300 e. The highest BCUT2D eigenvalue weighted by atomic mass is 16.1. The Bertz CT molecular complexity index is 530. The van der Waals surface area contributed by atoms with Crippen LogP contribution in [0, 0.1) is 5.92 Å².